The van der Waals surface area contributed by atoms with Crippen LogP contribution in [0.1, 0.15) is 19.7 Å². The largest absolute Gasteiger partial charge is 0.308 e. The van der Waals surface area contributed by atoms with Crippen molar-refractivity contribution in [1.29, 1.82) is 0 Å². The van der Waals surface area contributed by atoms with Crippen molar-refractivity contribution < 1.29 is 0 Å². The molecule has 0 amide bonds. The van der Waals surface area contributed by atoms with Gasteiger partial charge < -0.3 is 5.32 Å². The third-order valence-corrected chi connectivity index (χ3v) is 2.91. The summed E-state index contributed by atoms with van der Waals surface area (Å²) in [7, 11) is 1.92. The zero-order valence-electron chi connectivity index (χ0n) is 10.4. The molecule has 0 fully saturated rings. The molecule has 2 rings (SSSR count). The van der Waals surface area contributed by atoms with E-state index in [0.717, 1.165) is 17.1 Å². The third-order valence-electron chi connectivity index (χ3n) is 2.91. The highest BCUT2D eigenvalue weighted by atomic mass is 15.0. The molecule has 0 radical (unpaired) electrons. The maximum Gasteiger partial charge on any atom is 0.148 e. The standard InChI is InChI=1S/C14H17N3/c1-14(2,15-3)13-16-10-9-12(17-13)11-7-5-4-6-8-11/h4-10,15H,1-3H3. The van der Waals surface area contributed by atoms with Crippen molar-refractivity contribution in [2.24, 2.45) is 0 Å². The Labute approximate surface area is 102 Å². The molecule has 1 heterocycles. The Hall–Kier alpha value is -1.74. The molecule has 0 spiro atoms. The lowest BCUT2D eigenvalue weighted by Gasteiger charge is -2.22. The van der Waals surface area contributed by atoms with Crippen LogP contribution in [0.2, 0.25) is 0 Å². The summed E-state index contributed by atoms with van der Waals surface area (Å²) in [4.78, 5) is 8.95. The highest BCUT2D eigenvalue weighted by molar-refractivity contribution is 5.58. The highest BCUT2D eigenvalue weighted by Gasteiger charge is 2.21. The van der Waals surface area contributed by atoms with Crippen LogP contribution < -0.4 is 5.32 Å². The Kier molecular flexibility index (Phi) is 3.20. The molecule has 0 aliphatic carbocycles. The van der Waals surface area contributed by atoms with Crippen molar-refractivity contribution in [3.8, 4) is 11.3 Å². The van der Waals surface area contributed by atoms with Crippen molar-refractivity contribution >= 4 is 0 Å². The van der Waals surface area contributed by atoms with Crippen LogP contribution in [0.5, 0.6) is 0 Å². The third kappa shape index (κ3) is 2.50. The average Bonchev–Trinajstić information content (AvgIpc) is 2.40. The number of rotatable bonds is 3. The zero-order chi connectivity index (χ0) is 12.3. The van der Waals surface area contributed by atoms with Gasteiger partial charge in [0.2, 0.25) is 0 Å². The Balaban J connectivity index is 2.42. The second-order valence-corrected chi connectivity index (χ2v) is 4.51. The number of nitrogens with zero attached hydrogens (tertiary/aromatic N) is 2. The Morgan fingerprint density at radius 2 is 1.76 bits per heavy atom. The molecular formula is C14H17N3. The van der Waals surface area contributed by atoms with E-state index >= 15 is 0 Å². The highest BCUT2D eigenvalue weighted by Crippen LogP contribution is 2.20. The van der Waals surface area contributed by atoms with Gasteiger partial charge in [0.15, 0.2) is 0 Å². The van der Waals surface area contributed by atoms with Gasteiger partial charge in [0.1, 0.15) is 5.82 Å². The molecule has 2 aromatic rings. The lowest BCUT2D eigenvalue weighted by atomic mass is 10.0. The van der Waals surface area contributed by atoms with E-state index in [9.17, 15) is 0 Å². The van der Waals surface area contributed by atoms with Gasteiger partial charge in [0.05, 0.1) is 11.2 Å². The molecule has 1 N–H and O–H groups in total. The van der Waals surface area contributed by atoms with Gasteiger partial charge in [-0.15, -0.1) is 0 Å². The first-order chi connectivity index (χ1) is 8.13. The Morgan fingerprint density at radius 3 is 2.41 bits per heavy atom. The van der Waals surface area contributed by atoms with E-state index in [1.54, 1.807) is 0 Å². The van der Waals surface area contributed by atoms with E-state index in [-0.39, 0.29) is 5.54 Å². The molecular weight excluding hydrogens is 210 g/mol. The normalized spacial score (nSPS) is 11.5. The molecule has 3 nitrogen and oxygen atoms in total. The molecule has 0 saturated carbocycles. The smallest absolute Gasteiger partial charge is 0.148 e. The van der Waals surface area contributed by atoms with Gasteiger partial charge in [-0.05, 0) is 27.0 Å². The van der Waals surface area contributed by atoms with E-state index in [2.05, 4.69) is 41.3 Å². The summed E-state index contributed by atoms with van der Waals surface area (Å²) in [5.41, 5.74) is 1.85. The van der Waals surface area contributed by atoms with Crippen LogP contribution >= 0.6 is 0 Å². The van der Waals surface area contributed by atoms with Gasteiger partial charge in [0.25, 0.3) is 0 Å². The SMILES string of the molecule is CNC(C)(C)c1nccc(-c2ccccc2)n1. The maximum atomic E-state index is 4.61. The summed E-state index contributed by atoms with van der Waals surface area (Å²) < 4.78 is 0. The summed E-state index contributed by atoms with van der Waals surface area (Å²) in [6, 6.07) is 12.1. The lowest BCUT2D eigenvalue weighted by molar-refractivity contribution is 0.417. The predicted octanol–water partition coefficient (Wildman–Crippen LogP) is 2.60. The van der Waals surface area contributed by atoms with E-state index in [0.29, 0.717) is 0 Å². The minimum absolute atomic E-state index is 0.217. The van der Waals surface area contributed by atoms with E-state index in [1.807, 2.05) is 37.5 Å². The monoisotopic (exact) mass is 227 g/mol. The molecule has 0 unspecified atom stereocenters. The van der Waals surface area contributed by atoms with Crippen LogP contribution in [-0.4, -0.2) is 17.0 Å². The number of benzene rings is 1. The van der Waals surface area contributed by atoms with E-state index in [4.69, 9.17) is 0 Å². The number of aromatic nitrogens is 2. The molecule has 3 heteroatoms. The molecule has 17 heavy (non-hydrogen) atoms. The molecule has 0 bridgehead atoms. The molecule has 0 aliphatic heterocycles. The van der Waals surface area contributed by atoms with Crippen LogP contribution in [0.15, 0.2) is 42.6 Å². The van der Waals surface area contributed by atoms with Crippen LogP contribution in [0.4, 0.5) is 0 Å². The number of nitrogens with one attached hydrogen (secondary N) is 1. The predicted molar refractivity (Wildman–Crippen MR) is 69.6 cm³/mol. The fourth-order valence-electron chi connectivity index (χ4n) is 1.54. The average molecular weight is 227 g/mol. The second-order valence-electron chi connectivity index (χ2n) is 4.51. The quantitative estimate of drug-likeness (QED) is 0.875. The van der Waals surface area contributed by atoms with Crippen molar-refractivity contribution in [2.45, 2.75) is 19.4 Å². The zero-order valence-corrected chi connectivity index (χ0v) is 10.4. The van der Waals surface area contributed by atoms with Crippen LogP contribution in [0.25, 0.3) is 11.3 Å². The fraction of sp³-hybridized carbons (Fsp3) is 0.286. The summed E-state index contributed by atoms with van der Waals surface area (Å²) in [6.45, 7) is 4.13. The van der Waals surface area contributed by atoms with Crippen LogP contribution in [0.3, 0.4) is 0 Å². The van der Waals surface area contributed by atoms with Gasteiger partial charge in [0, 0.05) is 11.8 Å². The summed E-state index contributed by atoms with van der Waals surface area (Å²) >= 11 is 0. The van der Waals surface area contributed by atoms with Gasteiger partial charge in [-0.2, -0.15) is 0 Å². The second kappa shape index (κ2) is 4.63. The molecule has 1 aromatic carbocycles. The maximum absolute atomic E-state index is 4.61. The molecule has 0 atom stereocenters. The van der Waals surface area contributed by atoms with Crippen LogP contribution in [0, 0.1) is 0 Å². The lowest BCUT2D eigenvalue weighted by Crippen LogP contribution is -2.35. The summed E-state index contributed by atoms with van der Waals surface area (Å²) in [5.74, 6) is 0.807. The Bertz CT molecular complexity index is 492. The minimum Gasteiger partial charge on any atom is -0.308 e. The van der Waals surface area contributed by atoms with Gasteiger partial charge in [-0.3, -0.25) is 0 Å². The minimum atomic E-state index is -0.217. The number of hydrogen-bond donors (Lipinski definition) is 1. The molecule has 1 aromatic heterocycles. The fourth-order valence-corrected chi connectivity index (χ4v) is 1.54. The van der Waals surface area contributed by atoms with Crippen molar-refractivity contribution in [2.75, 3.05) is 7.05 Å². The molecule has 0 aliphatic rings. The summed E-state index contributed by atoms with van der Waals surface area (Å²) in [6.07, 6.45) is 1.81. The first-order valence-electron chi connectivity index (χ1n) is 5.71. The first kappa shape index (κ1) is 11.7. The topological polar surface area (TPSA) is 37.8 Å². The van der Waals surface area contributed by atoms with E-state index < -0.39 is 0 Å². The van der Waals surface area contributed by atoms with Crippen molar-refractivity contribution in [3.63, 3.8) is 0 Å². The summed E-state index contributed by atoms with van der Waals surface area (Å²) in [5, 5.41) is 3.21. The van der Waals surface area contributed by atoms with Gasteiger partial charge in [-0.1, -0.05) is 30.3 Å². The van der Waals surface area contributed by atoms with E-state index in [1.165, 1.54) is 0 Å². The first-order valence-corrected chi connectivity index (χ1v) is 5.71. The Morgan fingerprint density at radius 1 is 1.06 bits per heavy atom. The number of hydrogen-bond acceptors (Lipinski definition) is 3. The van der Waals surface area contributed by atoms with Gasteiger partial charge >= 0.3 is 0 Å². The molecule has 0 saturated heterocycles. The van der Waals surface area contributed by atoms with Crippen LogP contribution in [-0.2, 0) is 5.54 Å². The molecule has 88 valence electrons. The van der Waals surface area contributed by atoms with Crippen molar-refractivity contribution in [1.82, 2.24) is 15.3 Å². The van der Waals surface area contributed by atoms with Crippen molar-refractivity contribution in [3.05, 3.63) is 48.4 Å². The van der Waals surface area contributed by atoms with Gasteiger partial charge in [-0.25, -0.2) is 9.97 Å².